The van der Waals surface area contributed by atoms with E-state index in [2.05, 4.69) is 249 Å². The first-order chi connectivity index (χ1) is 28.2. The fraction of sp³-hybridized carbons (Fsp3) is 0.0357. The Morgan fingerprint density at radius 3 is 1.26 bits per heavy atom. The summed E-state index contributed by atoms with van der Waals surface area (Å²) in [5, 5.41) is 0. The number of fused-ring (bicyclic) bond motifs is 1. The minimum Gasteiger partial charge on any atom is -0.311 e. The zero-order valence-electron chi connectivity index (χ0n) is 32.1. The minimum atomic E-state index is -0.515. The fourth-order valence-corrected chi connectivity index (χ4v) is 8.78. The summed E-state index contributed by atoms with van der Waals surface area (Å²) in [6, 6.07) is 78.6. The van der Waals surface area contributed by atoms with Gasteiger partial charge in [-0.2, -0.15) is 0 Å². The Morgan fingerprint density at radius 2 is 0.825 bits per heavy atom. The van der Waals surface area contributed by atoms with Gasteiger partial charge in [0.25, 0.3) is 0 Å². The van der Waals surface area contributed by atoms with Gasteiger partial charge < -0.3 is 4.90 Å². The summed E-state index contributed by atoms with van der Waals surface area (Å²) in [6.07, 6.45) is 4.35. The lowest BCUT2D eigenvalue weighted by Gasteiger charge is -2.34. The molecule has 0 amide bonds. The number of allylic oxidation sites excluding steroid dienone is 5. The molecule has 1 aliphatic carbocycles. The molecular formula is C56H43N. The lowest BCUT2D eigenvalue weighted by molar-refractivity contribution is 0.762. The van der Waals surface area contributed by atoms with Gasteiger partial charge in [0.1, 0.15) is 0 Å². The number of anilines is 3. The van der Waals surface area contributed by atoms with E-state index in [1.54, 1.807) is 0 Å². The third-order valence-electron chi connectivity index (χ3n) is 11.4. The van der Waals surface area contributed by atoms with E-state index in [1.165, 1.54) is 61.2 Å². The summed E-state index contributed by atoms with van der Waals surface area (Å²) < 4.78 is 0. The molecule has 0 aromatic heterocycles. The van der Waals surface area contributed by atoms with Gasteiger partial charge in [-0.25, -0.2) is 0 Å². The first kappa shape index (κ1) is 35.5. The van der Waals surface area contributed by atoms with Crippen LogP contribution in [0, 0.1) is 0 Å². The summed E-state index contributed by atoms with van der Waals surface area (Å²) >= 11 is 0. The second kappa shape index (κ2) is 15.5. The Bertz CT molecular complexity index is 2570. The third-order valence-corrected chi connectivity index (χ3v) is 11.4. The quantitative estimate of drug-likeness (QED) is 0.135. The van der Waals surface area contributed by atoms with Crippen molar-refractivity contribution in [3.05, 3.63) is 271 Å². The van der Waals surface area contributed by atoms with E-state index in [4.69, 9.17) is 0 Å². The minimum absolute atomic E-state index is 0.515. The van der Waals surface area contributed by atoms with Gasteiger partial charge >= 0.3 is 0 Å². The largest absolute Gasteiger partial charge is 0.311 e. The molecule has 0 saturated heterocycles. The van der Waals surface area contributed by atoms with Crippen LogP contribution in [0.4, 0.5) is 17.1 Å². The zero-order chi connectivity index (χ0) is 38.6. The van der Waals surface area contributed by atoms with Crippen LogP contribution in [0.5, 0.6) is 0 Å². The van der Waals surface area contributed by atoms with Crippen molar-refractivity contribution >= 4 is 28.2 Å². The van der Waals surface area contributed by atoms with E-state index in [9.17, 15) is 0 Å². The predicted octanol–water partition coefficient (Wildman–Crippen LogP) is 14.9. The van der Waals surface area contributed by atoms with Crippen LogP contribution in [0.25, 0.3) is 33.4 Å². The fourth-order valence-electron chi connectivity index (χ4n) is 8.78. The van der Waals surface area contributed by atoms with Crippen molar-refractivity contribution in [1.29, 1.82) is 0 Å². The Kier molecular flexibility index (Phi) is 9.64. The summed E-state index contributed by atoms with van der Waals surface area (Å²) in [6.45, 7) is 6.65. The van der Waals surface area contributed by atoms with Gasteiger partial charge in [-0.05, 0) is 110 Å². The highest BCUT2D eigenvalue weighted by atomic mass is 15.1. The average molecular weight is 730 g/mol. The number of hydrogen-bond acceptors (Lipinski definition) is 1. The Hall–Kier alpha value is -7.22. The highest BCUT2D eigenvalue weighted by molar-refractivity contribution is 6.11. The first-order valence-electron chi connectivity index (χ1n) is 19.7. The van der Waals surface area contributed by atoms with Crippen molar-refractivity contribution < 1.29 is 0 Å². The van der Waals surface area contributed by atoms with Gasteiger partial charge in [0.15, 0.2) is 0 Å². The van der Waals surface area contributed by atoms with Crippen LogP contribution >= 0.6 is 0 Å². The molecule has 0 atom stereocenters. The van der Waals surface area contributed by atoms with Crippen molar-refractivity contribution in [2.45, 2.75) is 12.3 Å². The van der Waals surface area contributed by atoms with Crippen molar-refractivity contribution in [3.8, 4) is 22.3 Å². The van der Waals surface area contributed by atoms with E-state index >= 15 is 0 Å². The summed E-state index contributed by atoms with van der Waals surface area (Å²) in [5.74, 6) is 0. The molecule has 272 valence electrons. The second-order valence-electron chi connectivity index (χ2n) is 14.4. The third kappa shape index (κ3) is 6.34. The molecule has 9 rings (SSSR count). The molecule has 0 unspecified atom stereocenters. The van der Waals surface area contributed by atoms with E-state index in [-0.39, 0.29) is 0 Å². The van der Waals surface area contributed by atoms with Crippen LogP contribution in [-0.2, 0) is 5.41 Å². The van der Waals surface area contributed by atoms with E-state index < -0.39 is 5.41 Å². The molecule has 1 nitrogen and oxygen atoms in total. The van der Waals surface area contributed by atoms with Gasteiger partial charge in [0, 0.05) is 17.1 Å². The van der Waals surface area contributed by atoms with Crippen molar-refractivity contribution in [3.63, 3.8) is 0 Å². The molecule has 8 aromatic rings. The van der Waals surface area contributed by atoms with Gasteiger partial charge in [-0.3, -0.25) is 0 Å². The molecule has 0 saturated carbocycles. The summed E-state index contributed by atoms with van der Waals surface area (Å²) in [5.41, 5.74) is 17.3. The Morgan fingerprint density at radius 1 is 0.439 bits per heavy atom. The Labute approximate surface area is 336 Å². The second-order valence-corrected chi connectivity index (χ2v) is 14.4. The lowest BCUT2D eigenvalue weighted by Crippen LogP contribution is -2.29. The standard InChI is InChI=1S/C56H43N/c1-3-51(55-52-27-17-18-28-54(52)56(53(55)4-2,46-23-13-7-14-24-46)47-25-15-8-16-26-47)45-33-39-50(40-34-45)57(48-35-29-43(30-36-48)41-19-9-5-10-20-41)49-37-31-44(32-38-49)42-21-11-6-12-22-42/h3-40H,2H2,1H3/b51-3-. The maximum atomic E-state index is 4.50. The van der Waals surface area contributed by atoms with Crippen LogP contribution in [0.2, 0.25) is 0 Å². The van der Waals surface area contributed by atoms with E-state index in [1.807, 2.05) is 0 Å². The normalized spacial score (nSPS) is 13.2. The van der Waals surface area contributed by atoms with E-state index in [0.717, 1.165) is 22.6 Å². The van der Waals surface area contributed by atoms with Crippen LogP contribution in [0.1, 0.15) is 34.7 Å². The Balaban J connectivity index is 1.16. The highest BCUT2D eigenvalue weighted by Crippen LogP contribution is 2.57. The number of nitrogens with zero attached hydrogens (tertiary/aromatic N) is 1. The van der Waals surface area contributed by atoms with Crippen molar-refractivity contribution in [2.24, 2.45) is 0 Å². The van der Waals surface area contributed by atoms with E-state index in [0.29, 0.717) is 0 Å². The molecule has 0 radical (unpaired) electrons. The smallest absolute Gasteiger partial charge is 0.0713 e. The monoisotopic (exact) mass is 729 g/mol. The van der Waals surface area contributed by atoms with Gasteiger partial charge in [0.05, 0.1) is 5.41 Å². The highest BCUT2D eigenvalue weighted by Gasteiger charge is 2.47. The van der Waals surface area contributed by atoms with Crippen molar-refractivity contribution in [2.75, 3.05) is 4.90 Å². The van der Waals surface area contributed by atoms with Crippen LogP contribution in [0.3, 0.4) is 0 Å². The predicted molar refractivity (Wildman–Crippen MR) is 242 cm³/mol. The molecule has 1 aliphatic rings. The molecule has 0 heterocycles. The molecule has 1 heteroatoms. The molecule has 0 spiro atoms. The van der Waals surface area contributed by atoms with Crippen molar-refractivity contribution in [1.82, 2.24) is 0 Å². The van der Waals surface area contributed by atoms with Crippen LogP contribution in [0.15, 0.2) is 243 Å². The van der Waals surface area contributed by atoms with Gasteiger partial charge in [0.2, 0.25) is 0 Å². The SMILES string of the molecule is C=CC1=C(/C(=C\C)c2ccc(N(c3ccc(-c4ccccc4)cc3)c3ccc(-c4ccccc4)cc3)cc2)c2ccccc2C1(c1ccccc1)c1ccccc1. The van der Waals surface area contributed by atoms with Gasteiger partial charge in [-0.15, -0.1) is 0 Å². The summed E-state index contributed by atoms with van der Waals surface area (Å²) in [4.78, 5) is 2.35. The molecule has 8 aromatic carbocycles. The molecule has 0 bridgehead atoms. The zero-order valence-corrected chi connectivity index (χ0v) is 32.1. The maximum Gasteiger partial charge on any atom is 0.0713 e. The van der Waals surface area contributed by atoms with Crippen LogP contribution in [-0.4, -0.2) is 0 Å². The topological polar surface area (TPSA) is 3.24 Å². The average Bonchev–Trinajstić information content (AvgIpc) is 3.59. The molecule has 0 aliphatic heterocycles. The number of hydrogen-bond donors (Lipinski definition) is 0. The lowest BCUT2D eigenvalue weighted by atomic mass is 9.67. The molecule has 0 N–H and O–H groups in total. The molecule has 0 fully saturated rings. The number of benzene rings is 8. The first-order valence-corrected chi connectivity index (χ1v) is 19.7. The summed E-state index contributed by atoms with van der Waals surface area (Å²) in [7, 11) is 0. The van der Waals surface area contributed by atoms with Crippen LogP contribution < -0.4 is 4.90 Å². The molecular weight excluding hydrogens is 687 g/mol. The molecule has 57 heavy (non-hydrogen) atoms. The van der Waals surface area contributed by atoms with Gasteiger partial charge in [-0.1, -0.05) is 201 Å². The maximum absolute atomic E-state index is 4.50. The number of rotatable bonds is 10.